The van der Waals surface area contributed by atoms with Crippen molar-refractivity contribution in [2.75, 3.05) is 24.6 Å². The molecule has 0 unspecified atom stereocenters. The number of anilines is 1. The Hall–Kier alpha value is -0.910. The first-order valence-corrected chi connectivity index (χ1v) is 6.98. The fourth-order valence-corrected chi connectivity index (χ4v) is 2.16. The molecule has 20 heavy (non-hydrogen) atoms. The molecule has 1 rings (SSSR count). The summed E-state index contributed by atoms with van der Waals surface area (Å²) in [6, 6.07) is 5.48. The first kappa shape index (κ1) is 17.1. The van der Waals surface area contributed by atoms with Gasteiger partial charge in [-0.3, -0.25) is 0 Å². The predicted octanol–water partition coefficient (Wildman–Crippen LogP) is 2.90. The molecule has 0 saturated heterocycles. The lowest BCUT2D eigenvalue weighted by Crippen LogP contribution is -2.33. The van der Waals surface area contributed by atoms with Gasteiger partial charge in [0.2, 0.25) is 0 Å². The van der Waals surface area contributed by atoms with E-state index in [1.54, 1.807) is 18.2 Å². The van der Waals surface area contributed by atoms with Crippen molar-refractivity contribution in [3.05, 3.63) is 28.8 Å². The minimum absolute atomic E-state index is 0.152. The molecule has 0 atom stereocenters. The molecule has 3 nitrogen and oxygen atoms in total. The van der Waals surface area contributed by atoms with Gasteiger partial charge < -0.3 is 15.3 Å². The van der Waals surface area contributed by atoms with Crippen LogP contribution in [0.1, 0.15) is 19.4 Å². The highest BCUT2D eigenvalue weighted by Gasteiger charge is 2.17. The molecule has 0 amide bonds. The van der Waals surface area contributed by atoms with Crippen LogP contribution in [0.4, 0.5) is 14.5 Å². The van der Waals surface area contributed by atoms with Crippen LogP contribution < -0.4 is 10.2 Å². The van der Waals surface area contributed by atoms with E-state index in [0.29, 0.717) is 17.3 Å². The Labute approximate surface area is 123 Å². The van der Waals surface area contributed by atoms with Crippen molar-refractivity contribution in [1.29, 1.82) is 0 Å². The fraction of sp³-hybridized carbons (Fsp3) is 0.571. The molecular formula is C14H21ClF2N2O. The van der Waals surface area contributed by atoms with Crippen molar-refractivity contribution in [1.82, 2.24) is 5.32 Å². The Morgan fingerprint density at radius 1 is 1.35 bits per heavy atom. The molecule has 1 aromatic carbocycles. The lowest BCUT2D eigenvalue weighted by atomic mass is 10.1. The van der Waals surface area contributed by atoms with Gasteiger partial charge in [-0.2, -0.15) is 0 Å². The molecule has 0 radical (unpaired) electrons. The smallest absolute Gasteiger partial charge is 0.255 e. The highest BCUT2D eigenvalue weighted by molar-refractivity contribution is 6.31. The van der Waals surface area contributed by atoms with Gasteiger partial charge in [0.1, 0.15) is 0 Å². The van der Waals surface area contributed by atoms with Crippen molar-refractivity contribution in [3.8, 4) is 0 Å². The minimum Gasteiger partial charge on any atom is -0.395 e. The Kier molecular flexibility index (Phi) is 7.19. The van der Waals surface area contributed by atoms with Gasteiger partial charge in [0.25, 0.3) is 6.43 Å². The van der Waals surface area contributed by atoms with Crippen molar-refractivity contribution >= 4 is 17.3 Å². The molecule has 0 fully saturated rings. The van der Waals surface area contributed by atoms with Gasteiger partial charge in [-0.05, 0) is 12.1 Å². The monoisotopic (exact) mass is 306 g/mol. The number of halogens is 3. The molecule has 6 heteroatoms. The number of aliphatic hydroxyl groups is 1. The molecule has 0 aliphatic rings. The van der Waals surface area contributed by atoms with E-state index in [0.717, 1.165) is 5.56 Å². The standard InChI is InChI=1S/C14H21ClF2N2O/c1-10(2)18-8-11-12(15)4-3-5-13(11)19(6-7-20)9-14(16)17/h3-5,10,14,18,20H,6-9H2,1-2H3. The average Bonchev–Trinajstić information content (AvgIpc) is 2.36. The predicted molar refractivity (Wildman–Crippen MR) is 78.7 cm³/mol. The SMILES string of the molecule is CC(C)NCc1c(Cl)cccc1N(CCO)CC(F)F. The number of rotatable bonds is 8. The van der Waals surface area contributed by atoms with E-state index in [9.17, 15) is 8.78 Å². The van der Waals surface area contributed by atoms with E-state index in [1.165, 1.54) is 4.90 Å². The molecular weight excluding hydrogens is 286 g/mol. The van der Waals surface area contributed by atoms with E-state index in [-0.39, 0.29) is 19.2 Å². The third kappa shape index (κ3) is 5.23. The number of hydrogen-bond donors (Lipinski definition) is 2. The molecule has 0 saturated carbocycles. The van der Waals surface area contributed by atoms with Gasteiger partial charge in [0, 0.05) is 35.4 Å². The zero-order chi connectivity index (χ0) is 15.1. The lowest BCUT2D eigenvalue weighted by Gasteiger charge is -2.27. The molecule has 0 aliphatic heterocycles. The molecule has 0 heterocycles. The van der Waals surface area contributed by atoms with Crippen LogP contribution in [0, 0.1) is 0 Å². The molecule has 0 bridgehead atoms. The summed E-state index contributed by atoms with van der Waals surface area (Å²) < 4.78 is 25.3. The van der Waals surface area contributed by atoms with Crippen LogP contribution in [0.5, 0.6) is 0 Å². The highest BCUT2D eigenvalue weighted by Crippen LogP contribution is 2.28. The summed E-state index contributed by atoms with van der Waals surface area (Å²) in [6.07, 6.45) is -2.47. The van der Waals surface area contributed by atoms with Crippen LogP contribution in [-0.2, 0) is 6.54 Å². The van der Waals surface area contributed by atoms with E-state index in [4.69, 9.17) is 16.7 Å². The van der Waals surface area contributed by atoms with Crippen LogP contribution in [0.2, 0.25) is 5.02 Å². The molecule has 114 valence electrons. The van der Waals surface area contributed by atoms with E-state index in [2.05, 4.69) is 5.32 Å². The van der Waals surface area contributed by atoms with Crippen LogP contribution in [0.25, 0.3) is 0 Å². The maximum Gasteiger partial charge on any atom is 0.255 e. The Morgan fingerprint density at radius 3 is 2.60 bits per heavy atom. The maximum absolute atomic E-state index is 12.7. The Morgan fingerprint density at radius 2 is 2.05 bits per heavy atom. The molecule has 0 spiro atoms. The quantitative estimate of drug-likeness (QED) is 0.775. The van der Waals surface area contributed by atoms with Crippen molar-refractivity contribution in [3.63, 3.8) is 0 Å². The minimum atomic E-state index is -2.47. The van der Waals surface area contributed by atoms with Gasteiger partial charge in [-0.25, -0.2) is 8.78 Å². The average molecular weight is 307 g/mol. The largest absolute Gasteiger partial charge is 0.395 e. The molecule has 0 aliphatic carbocycles. The van der Waals surface area contributed by atoms with Crippen LogP contribution in [-0.4, -0.2) is 37.3 Å². The number of nitrogens with one attached hydrogen (secondary N) is 1. The van der Waals surface area contributed by atoms with Crippen LogP contribution in [0.15, 0.2) is 18.2 Å². The third-order valence-electron chi connectivity index (χ3n) is 2.85. The maximum atomic E-state index is 12.7. The van der Waals surface area contributed by atoms with E-state index in [1.807, 2.05) is 13.8 Å². The van der Waals surface area contributed by atoms with Gasteiger partial charge in [0.05, 0.1) is 13.2 Å². The number of benzene rings is 1. The summed E-state index contributed by atoms with van der Waals surface area (Å²) in [6.45, 7) is 4.05. The number of hydrogen-bond acceptors (Lipinski definition) is 3. The first-order chi connectivity index (χ1) is 9.45. The summed E-state index contributed by atoms with van der Waals surface area (Å²) in [4.78, 5) is 1.47. The summed E-state index contributed by atoms with van der Waals surface area (Å²) in [7, 11) is 0. The summed E-state index contributed by atoms with van der Waals surface area (Å²) in [5.74, 6) is 0. The number of aliphatic hydroxyl groups excluding tert-OH is 1. The molecule has 2 N–H and O–H groups in total. The van der Waals surface area contributed by atoms with Crippen LogP contribution >= 0.6 is 11.6 Å². The third-order valence-corrected chi connectivity index (χ3v) is 3.20. The van der Waals surface area contributed by atoms with E-state index >= 15 is 0 Å². The zero-order valence-electron chi connectivity index (χ0n) is 11.7. The van der Waals surface area contributed by atoms with Gasteiger partial charge in [-0.15, -0.1) is 0 Å². The second kappa shape index (κ2) is 8.39. The van der Waals surface area contributed by atoms with Crippen molar-refractivity contribution < 1.29 is 13.9 Å². The zero-order valence-corrected chi connectivity index (χ0v) is 12.5. The highest BCUT2D eigenvalue weighted by atomic mass is 35.5. The second-order valence-electron chi connectivity index (χ2n) is 4.83. The van der Waals surface area contributed by atoms with E-state index < -0.39 is 13.0 Å². The normalized spacial score (nSPS) is 11.4. The number of alkyl halides is 2. The first-order valence-electron chi connectivity index (χ1n) is 6.60. The topological polar surface area (TPSA) is 35.5 Å². The van der Waals surface area contributed by atoms with Crippen LogP contribution in [0.3, 0.4) is 0 Å². The fourth-order valence-electron chi connectivity index (χ4n) is 1.92. The lowest BCUT2D eigenvalue weighted by molar-refractivity contribution is 0.152. The molecule has 0 aromatic heterocycles. The van der Waals surface area contributed by atoms with Gasteiger partial charge in [-0.1, -0.05) is 31.5 Å². The second-order valence-corrected chi connectivity index (χ2v) is 5.24. The van der Waals surface area contributed by atoms with Gasteiger partial charge in [0.15, 0.2) is 0 Å². The van der Waals surface area contributed by atoms with Crippen molar-refractivity contribution in [2.45, 2.75) is 32.9 Å². The summed E-state index contributed by atoms with van der Waals surface area (Å²) >= 11 is 6.18. The Bertz CT molecular complexity index is 416. The Balaban J connectivity index is 3.02. The van der Waals surface area contributed by atoms with Crippen molar-refractivity contribution in [2.24, 2.45) is 0 Å². The molecule has 1 aromatic rings. The summed E-state index contributed by atoms with van der Waals surface area (Å²) in [5.41, 5.74) is 1.41. The number of nitrogens with zero attached hydrogens (tertiary/aromatic N) is 1. The van der Waals surface area contributed by atoms with Gasteiger partial charge >= 0.3 is 0 Å². The summed E-state index contributed by atoms with van der Waals surface area (Å²) in [5, 5.41) is 12.8.